The number of carbonyl (C=O) groups excluding carboxylic acids is 1. The Bertz CT molecular complexity index is 178. The van der Waals surface area contributed by atoms with Crippen LogP contribution in [0.1, 0.15) is 78.6 Å². The highest BCUT2D eigenvalue weighted by Crippen LogP contribution is 2.12. The van der Waals surface area contributed by atoms with E-state index in [4.69, 9.17) is 4.74 Å². The zero-order valence-electron chi connectivity index (χ0n) is 12.0. The first-order valence-corrected chi connectivity index (χ1v) is 7.40. The molecule has 0 aromatic carbocycles. The number of carbonyl (C=O) groups is 1. The van der Waals surface area contributed by atoms with Gasteiger partial charge in [-0.05, 0) is 18.8 Å². The second-order valence-electron chi connectivity index (χ2n) is 4.91. The minimum absolute atomic E-state index is 0.00366. The van der Waals surface area contributed by atoms with Gasteiger partial charge >= 0.3 is 5.97 Å². The van der Waals surface area contributed by atoms with Gasteiger partial charge in [0.15, 0.2) is 0 Å². The molecule has 2 heteroatoms. The summed E-state index contributed by atoms with van der Waals surface area (Å²) >= 11 is 0. The Morgan fingerprint density at radius 2 is 1.71 bits per heavy atom. The number of rotatable bonds is 11. The van der Waals surface area contributed by atoms with E-state index in [9.17, 15) is 4.79 Å². The van der Waals surface area contributed by atoms with Crippen LogP contribution in [0.4, 0.5) is 0 Å². The lowest BCUT2D eigenvalue weighted by atomic mass is 10.0. The van der Waals surface area contributed by atoms with Crippen LogP contribution in [0.25, 0.3) is 0 Å². The second kappa shape index (κ2) is 11.9. The number of hydrogen-bond donors (Lipinski definition) is 0. The van der Waals surface area contributed by atoms with E-state index in [1.165, 1.54) is 32.1 Å². The molecule has 2 nitrogen and oxygen atoms in total. The van der Waals surface area contributed by atoms with Gasteiger partial charge in [0.2, 0.25) is 0 Å². The van der Waals surface area contributed by atoms with Gasteiger partial charge in [-0.1, -0.05) is 59.3 Å². The Morgan fingerprint density at radius 1 is 1.00 bits per heavy atom. The summed E-state index contributed by atoms with van der Waals surface area (Å²) in [6.07, 6.45) is 9.98. The normalized spacial score (nSPS) is 12.4. The van der Waals surface area contributed by atoms with Crippen molar-refractivity contribution in [2.24, 2.45) is 5.92 Å². The Labute approximate surface area is 107 Å². The van der Waals surface area contributed by atoms with Crippen LogP contribution in [0.5, 0.6) is 0 Å². The lowest BCUT2D eigenvalue weighted by Crippen LogP contribution is -2.13. The van der Waals surface area contributed by atoms with Crippen molar-refractivity contribution in [3.63, 3.8) is 0 Å². The molecule has 0 aromatic rings. The molecule has 0 aliphatic carbocycles. The van der Waals surface area contributed by atoms with E-state index < -0.39 is 0 Å². The quantitative estimate of drug-likeness (QED) is 0.387. The summed E-state index contributed by atoms with van der Waals surface area (Å²) < 4.78 is 5.32. The summed E-state index contributed by atoms with van der Waals surface area (Å²) in [7, 11) is 0. The molecule has 0 saturated carbocycles. The van der Waals surface area contributed by atoms with Gasteiger partial charge in [-0.2, -0.15) is 0 Å². The highest BCUT2D eigenvalue weighted by atomic mass is 16.5. The van der Waals surface area contributed by atoms with Crippen LogP contribution in [0.15, 0.2) is 0 Å². The predicted octanol–water partition coefficient (Wildman–Crippen LogP) is 4.72. The Morgan fingerprint density at radius 3 is 2.29 bits per heavy atom. The van der Waals surface area contributed by atoms with E-state index in [1.54, 1.807) is 0 Å². The lowest BCUT2D eigenvalue weighted by Gasteiger charge is -2.13. The van der Waals surface area contributed by atoms with Crippen molar-refractivity contribution in [2.45, 2.75) is 78.6 Å². The van der Waals surface area contributed by atoms with Crippen molar-refractivity contribution in [1.29, 1.82) is 0 Å². The summed E-state index contributed by atoms with van der Waals surface area (Å²) in [5.41, 5.74) is 0. The molecule has 0 aromatic heterocycles. The van der Waals surface area contributed by atoms with Crippen molar-refractivity contribution < 1.29 is 9.53 Å². The average Bonchev–Trinajstić information content (AvgIpc) is 2.34. The van der Waals surface area contributed by atoms with Crippen LogP contribution in [0, 0.1) is 5.92 Å². The number of hydrogen-bond acceptors (Lipinski definition) is 2. The van der Waals surface area contributed by atoms with Crippen LogP contribution >= 0.6 is 0 Å². The second-order valence-corrected chi connectivity index (χ2v) is 4.91. The molecule has 1 unspecified atom stereocenters. The third-order valence-electron chi connectivity index (χ3n) is 3.24. The van der Waals surface area contributed by atoms with Crippen molar-refractivity contribution in [3.8, 4) is 0 Å². The smallest absolute Gasteiger partial charge is 0.305 e. The molecule has 0 aliphatic rings. The van der Waals surface area contributed by atoms with E-state index in [2.05, 4.69) is 20.8 Å². The molecule has 0 amide bonds. The van der Waals surface area contributed by atoms with Crippen molar-refractivity contribution in [1.82, 2.24) is 0 Å². The van der Waals surface area contributed by atoms with Gasteiger partial charge in [-0.15, -0.1) is 0 Å². The minimum atomic E-state index is -0.00366. The van der Waals surface area contributed by atoms with E-state index in [0.717, 1.165) is 19.3 Å². The van der Waals surface area contributed by atoms with E-state index in [-0.39, 0.29) is 5.97 Å². The highest BCUT2D eigenvalue weighted by Gasteiger charge is 2.09. The maximum absolute atomic E-state index is 11.5. The summed E-state index contributed by atoms with van der Waals surface area (Å²) in [6, 6.07) is 0. The maximum atomic E-state index is 11.5. The molecule has 0 N–H and O–H groups in total. The van der Waals surface area contributed by atoms with E-state index in [0.29, 0.717) is 18.9 Å². The zero-order valence-corrected chi connectivity index (χ0v) is 12.0. The first kappa shape index (κ1) is 16.5. The summed E-state index contributed by atoms with van der Waals surface area (Å²) in [4.78, 5) is 11.5. The number of esters is 1. The van der Waals surface area contributed by atoms with Gasteiger partial charge in [0.1, 0.15) is 0 Å². The SMILES string of the molecule is CCCCCCCC(=O)OCC(CC)CCC. The predicted molar refractivity (Wildman–Crippen MR) is 73.0 cm³/mol. The highest BCUT2D eigenvalue weighted by molar-refractivity contribution is 5.69. The third kappa shape index (κ3) is 10.3. The topological polar surface area (TPSA) is 26.3 Å². The Balaban J connectivity index is 3.44. The standard InChI is InChI=1S/C15H30O2/c1-4-7-8-9-10-12-15(16)17-13-14(6-3)11-5-2/h14H,4-13H2,1-3H3. The molecule has 0 aliphatic heterocycles. The van der Waals surface area contributed by atoms with Gasteiger partial charge in [-0.25, -0.2) is 0 Å². The van der Waals surface area contributed by atoms with Gasteiger partial charge in [0, 0.05) is 6.42 Å². The maximum Gasteiger partial charge on any atom is 0.305 e. The molecule has 0 fully saturated rings. The van der Waals surface area contributed by atoms with Crippen molar-refractivity contribution in [3.05, 3.63) is 0 Å². The molecule has 0 spiro atoms. The Hall–Kier alpha value is -0.530. The molecule has 0 saturated heterocycles. The van der Waals surface area contributed by atoms with Crippen LogP contribution in [0.2, 0.25) is 0 Å². The van der Waals surface area contributed by atoms with Gasteiger partial charge in [0.05, 0.1) is 6.61 Å². The average molecular weight is 242 g/mol. The van der Waals surface area contributed by atoms with Crippen molar-refractivity contribution >= 4 is 5.97 Å². The molecule has 0 rings (SSSR count). The first-order valence-electron chi connectivity index (χ1n) is 7.40. The number of ether oxygens (including phenoxy) is 1. The summed E-state index contributed by atoms with van der Waals surface area (Å²) in [5, 5.41) is 0. The third-order valence-corrected chi connectivity index (χ3v) is 3.24. The molecule has 17 heavy (non-hydrogen) atoms. The fraction of sp³-hybridized carbons (Fsp3) is 0.933. The lowest BCUT2D eigenvalue weighted by molar-refractivity contribution is -0.145. The summed E-state index contributed by atoms with van der Waals surface area (Å²) in [5.74, 6) is 0.556. The minimum Gasteiger partial charge on any atom is -0.465 e. The zero-order chi connectivity index (χ0) is 12.9. The first-order chi connectivity index (χ1) is 8.24. The molecule has 1 atom stereocenters. The molecular formula is C15H30O2. The fourth-order valence-electron chi connectivity index (χ4n) is 1.97. The Kier molecular flexibility index (Phi) is 11.6. The molecule has 0 bridgehead atoms. The fourth-order valence-corrected chi connectivity index (χ4v) is 1.97. The van der Waals surface area contributed by atoms with Crippen LogP contribution in [-0.2, 0) is 9.53 Å². The number of unbranched alkanes of at least 4 members (excludes halogenated alkanes) is 4. The monoisotopic (exact) mass is 242 g/mol. The van der Waals surface area contributed by atoms with E-state index >= 15 is 0 Å². The molecular weight excluding hydrogens is 212 g/mol. The van der Waals surface area contributed by atoms with E-state index in [1.807, 2.05) is 0 Å². The van der Waals surface area contributed by atoms with Gasteiger partial charge < -0.3 is 4.74 Å². The van der Waals surface area contributed by atoms with Gasteiger partial charge in [-0.3, -0.25) is 4.79 Å². The molecule has 0 heterocycles. The van der Waals surface area contributed by atoms with Crippen LogP contribution in [0.3, 0.4) is 0 Å². The van der Waals surface area contributed by atoms with Crippen LogP contribution < -0.4 is 0 Å². The largest absolute Gasteiger partial charge is 0.465 e. The van der Waals surface area contributed by atoms with Crippen LogP contribution in [-0.4, -0.2) is 12.6 Å². The summed E-state index contributed by atoms with van der Waals surface area (Å²) in [6.45, 7) is 7.17. The van der Waals surface area contributed by atoms with Crippen molar-refractivity contribution in [2.75, 3.05) is 6.61 Å². The molecule has 102 valence electrons. The molecule has 0 radical (unpaired) electrons. The van der Waals surface area contributed by atoms with Gasteiger partial charge in [0.25, 0.3) is 0 Å².